The van der Waals surface area contributed by atoms with Gasteiger partial charge in [0, 0.05) is 19.0 Å². The fraction of sp³-hybridized carbons (Fsp3) is 0.261. The molecule has 1 amide bonds. The zero-order valence-electron chi connectivity index (χ0n) is 18.4. The molecule has 3 aromatic rings. The molecule has 11 heteroatoms. The van der Waals surface area contributed by atoms with Crippen molar-refractivity contribution in [2.45, 2.75) is 13.1 Å². The summed E-state index contributed by atoms with van der Waals surface area (Å²) in [5.41, 5.74) is 0.677. The van der Waals surface area contributed by atoms with Crippen molar-refractivity contribution in [2.75, 3.05) is 32.2 Å². The molecule has 8 nitrogen and oxygen atoms in total. The van der Waals surface area contributed by atoms with Crippen LogP contribution >= 0.6 is 0 Å². The lowest BCUT2D eigenvalue weighted by atomic mass is 10.1. The van der Waals surface area contributed by atoms with E-state index in [4.69, 9.17) is 14.2 Å². The summed E-state index contributed by atoms with van der Waals surface area (Å²) in [4.78, 5) is 24.6. The molecule has 1 heterocycles. The van der Waals surface area contributed by atoms with Crippen LogP contribution in [0.25, 0.3) is 5.69 Å². The number of methoxy groups -OCH3 is 1. The largest absolute Gasteiger partial charge is 0.489 e. The number of aryl methyl sites for hydroxylation is 1. The molecular formula is C23H22F3N3O5. The van der Waals surface area contributed by atoms with E-state index >= 15 is 0 Å². The molecule has 2 aromatic carbocycles. The van der Waals surface area contributed by atoms with Gasteiger partial charge in [-0.2, -0.15) is 18.3 Å². The number of ether oxygens (including phenoxy) is 3. The summed E-state index contributed by atoms with van der Waals surface area (Å²) >= 11 is 0. The second-order valence-electron chi connectivity index (χ2n) is 7.11. The van der Waals surface area contributed by atoms with Crippen molar-refractivity contribution in [3.63, 3.8) is 0 Å². The van der Waals surface area contributed by atoms with Crippen molar-refractivity contribution in [1.29, 1.82) is 0 Å². The lowest BCUT2D eigenvalue weighted by Crippen LogP contribution is -2.22. The number of esters is 1. The molecule has 1 aromatic heterocycles. The van der Waals surface area contributed by atoms with Crippen molar-refractivity contribution < 1.29 is 37.0 Å². The third kappa shape index (κ3) is 6.35. The number of aromatic nitrogens is 2. The van der Waals surface area contributed by atoms with Crippen LogP contribution in [0.5, 0.6) is 5.75 Å². The Kier molecular flexibility index (Phi) is 7.90. The van der Waals surface area contributed by atoms with Crippen molar-refractivity contribution in [3.8, 4) is 11.4 Å². The van der Waals surface area contributed by atoms with Crippen LogP contribution in [0.4, 0.5) is 18.9 Å². The number of amides is 1. The molecule has 180 valence electrons. The van der Waals surface area contributed by atoms with Crippen molar-refractivity contribution in [2.24, 2.45) is 0 Å². The number of nitrogens with one attached hydrogen (secondary N) is 1. The summed E-state index contributed by atoms with van der Waals surface area (Å²) in [6, 6.07) is 10.9. The number of hydrogen-bond acceptors (Lipinski definition) is 6. The molecule has 0 saturated heterocycles. The van der Waals surface area contributed by atoms with Crippen LogP contribution in [0.2, 0.25) is 0 Å². The van der Waals surface area contributed by atoms with Gasteiger partial charge < -0.3 is 19.5 Å². The highest BCUT2D eigenvalue weighted by atomic mass is 19.4. The molecule has 34 heavy (non-hydrogen) atoms. The normalized spacial score (nSPS) is 11.2. The SMILES string of the molecule is COCCOc1ccc(C(F)(F)F)cc1NC(=O)COC(=O)c1ccc(-n2nccc2C)cc1. The summed E-state index contributed by atoms with van der Waals surface area (Å²) in [7, 11) is 1.44. The van der Waals surface area contributed by atoms with Crippen LogP contribution in [0.3, 0.4) is 0 Å². The number of alkyl halides is 3. The number of halogens is 3. The van der Waals surface area contributed by atoms with E-state index in [1.807, 2.05) is 13.0 Å². The third-order valence-electron chi connectivity index (χ3n) is 4.64. The first-order valence-electron chi connectivity index (χ1n) is 10.1. The van der Waals surface area contributed by atoms with Gasteiger partial charge in [-0.15, -0.1) is 0 Å². The van der Waals surface area contributed by atoms with Gasteiger partial charge in [-0.1, -0.05) is 0 Å². The topological polar surface area (TPSA) is 91.7 Å². The summed E-state index contributed by atoms with van der Waals surface area (Å²) in [6.07, 6.45) is -2.97. The highest BCUT2D eigenvalue weighted by Gasteiger charge is 2.31. The second-order valence-corrected chi connectivity index (χ2v) is 7.11. The monoisotopic (exact) mass is 477 g/mol. The fourth-order valence-corrected chi connectivity index (χ4v) is 2.94. The van der Waals surface area contributed by atoms with Crippen molar-refractivity contribution in [1.82, 2.24) is 9.78 Å². The van der Waals surface area contributed by atoms with Crippen LogP contribution in [0.15, 0.2) is 54.7 Å². The standard InChI is InChI=1S/C23H22F3N3O5/c1-15-9-10-27-29(15)18-6-3-16(4-7-18)22(31)34-14-21(30)28-19-13-17(23(24,25)26)5-8-20(19)33-12-11-32-2/h3-10,13H,11-12,14H2,1-2H3,(H,28,30). The predicted molar refractivity (Wildman–Crippen MR) is 116 cm³/mol. The van der Waals surface area contributed by atoms with E-state index < -0.39 is 30.2 Å². The number of rotatable bonds is 9. The van der Waals surface area contributed by atoms with E-state index in [0.717, 1.165) is 29.6 Å². The molecule has 1 N–H and O–H groups in total. The lowest BCUT2D eigenvalue weighted by molar-refractivity contribution is -0.137. The van der Waals surface area contributed by atoms with Gasteiger partial charge in [-0.25, -0.2) is 9.48 Å². The van der Waals surface area contributed by atoms with E-state index in [2.05, 4.69) is 10.4 Å². The molecule has 0 aliphatic carbocycles. The second kappa shape index (κ2) is 10.8. The number of anilines is 1. The molecule has 0 unspecified atom stereocenters. The molecule has 3 rings (SSSR count). The number of hydrogen-bond donors (Lipinski definition) is 1. The fourth-order valence-electron chi connectivity index (χ4n) is 2.94. The number of carbonyl (C=O) groups excluding carboxylic acids is 2. The number of nitrogens with zero attached hydrogens (tertiary/aromatic N) is 2. The average molecular weight is 477 g/mol. The maximum absolute atomic E-state index is 13.1. The lowest BCUT2D eigenvalue weighted by Gasteiger charge is -2.15. The maximum atomic E-state index is 13.1. The Hall–Kier alpha value is -3.86. The van der Waals surface area contributed by atoms with Gasteiger partial charge >= 0.3 is 12.1 Å². The first kappa shape index (κ1) is 24.8. The van der Waals surface area contributed by atoms with E-state index in [1.165, 1.54) is 19.2 Å². The van der Waals surface area contributed by atoms with Crippen molar-refractivity contribution >= 4 is 17.6 Å². The Balaban J connectivity index is 1.63. The quantitative estimate of drug-likeness (QED) is 0.370. The number of carbonyl (C=O) groups is 2. The van der Waals surface area contributed by atoms with Gasteiger partial charge in [-0.3, -0.25) is 4.79 Å². The first-order valence-corrected chi connectivity index (χ1v) is 10.1. The molecule has 0 fully saturated rings. The van der Waals surface area contributed by atoms with Gasteiger partial charge in [0.2, 0.25) is 0 Å². The Bertz CT molecular complexity index is 1140. The van der Waals surface area contributed by atoms with E-state index in [-0.39, 0.29) is 30.2 Å². The summed E-state index contributed by atoms with van der Waals surface area (Å²) in [5, 5.41) is 6.47. The molecule has 0 radical (unpaired) electrons. The molecule has 0 aliphatic rings. The molecule has 0 atom stereocenters. The minimum atomic E-state index is -4.61. The van der Waals surface area contributed by atoms with E-state index in [9.17, 15) is 22.8 Å². The summed E-state index contributed by atoms with van der Waals surface area (Å²) < 4.78 is 56.1. The number of benzene rings is 2. The third-order valence-corrected chi connectivity index (χ3v) is 4.64. The van der Waals surface area contributed by atoms with Crippen LogP contribution in [-0.4, -0.2) is 48.6 Å². The van der Waals surface area contributed by atoms with E-state index in [0.29, 0.717) is 0 Å². The van der Waals surface area contributed by atoms with Crippen LogP contribution in [0.1, 0.15) is 21.6 Å². The van der Waals surface area contributed by atoms with Gasteiger partial charge in [-0.05, 0) is 55.5 Å². The molecular weight excluding hydrogens is 455 g/mol. The zero-order valence-corrected chi connectivity index (χ0v) is 18.4. The van der Waals surface area contributed by atoms with Gasteiger partial charge in [0.25, 0.3) is 5.91 Å². The molecule has 0 spiro atoms. The van der Waals surface area contributed by atoms with Gasteiger partial charge in [0.15, 0.2) is 6.61 Å². The minimum Gasteiger partial charge on any atom is -0.489 e. The predicted octanol–water partition coefficient (Wildman–Crippen LogP) is 4.02. The maximum Gasteiger partial charge on any atom is 0.416 e. The summed E-state index contributed by atoms with van der Waals surface area (Å²) in [5.74, 6) is -1.57. The Morgan fingerprint density at radius 1 is 1.06 bits per heavy atom. The Morgan fingerprint density at radius 2 is 1.79 bits per heavy atom. The van der Waals surface area contributed by atoms with Crippen LogP contribution < -0.4 is 10.1 Å². The van der Waals surface area contributed by atoms with Crippen LogP contribution in [-0.2, 0) is 20.4 Å². The first-order chi connectivity index (χ1) is 16.2. The highest BCUT2D eigenvalue weighted by molar-refractivity contribution is 5.96. The summed E-state index contributed by atoms with van der Waals surface area (Å²) in [6.45, 7) is 1.44. The molecule has 0 aliphatic heterocycles. The zero-order chi connectivity index (χ0) is 24.7. The van der Waals surface area contributed by atoms with Gasteiger partial charge in [0.1, 0.15) is 12.4 Å². The Morgan fingerprint density at radius 3 is 2.41 bits per heavy atom. The van der Waals surface area contributed by atoms with Crippen molar-refractivity contribution in [3.05, 3.63) is 71.5 Å². The Labute approximate surface area is 193 Å². The van der Waals surface area contributed by atoms with E-state index in [1.54, 1.807) is 23.0 Å². The molecule has 0 saturated carbocycles. The smallest absolute Gasteiger partial charge is 0.416 e. The van der Waals surface area contributed by atoms with Crippen LogP contribution in [0, 0.1) is 6.92 Å². The minimum absolute atomic E-state index is 0.0224. The molecule has 0 bridgehead atoms. The highest BCUT2D eigenvalue weighted by Crippen LogP contribution is 2.35. The average Bonchev–Trinajstić information content (AvgIpc) is 3.23. The van der Waals surface area contributed by atoms with Gasteiger partial charge in [0.05, 0.1) is 29.1 Å².